The fraction of sp³-hybridized carbons (Fsp3) is 0.294. The molecule has 1 heterocycles. The van der Waals surface area contributed by atoms with Gasteiger partial charge in [0.1, 0.15) is 5.82 Å². The Kier molecular flexibility index (Phi) is 6.31. The molecule has 0 aliphatic carbocycles. The van der Waals surface area contributed by atoms with Gasteiger partial charge in [0.2, 0.25) is 10.0 Å². The van der Waals surface area contributed by atoms with Gasteiger partial charge in [0.25, 0.3) is 5.91 Å². The zero-order valence-electron chi connectivity index (χ0n) is 14.3. The molecule has 0 bridgehead atoms. The minimum Gasteiger partial charge on any atom is -0.307 e. The van der Waals surface area contributed by atoms with Crippen LogP contribution in [0.15, 0.2) is 45.9 Å². The van der Waals surface area contributed by atoms with Crippen molar-refractivity contribution in [3.63, 3.8) is 0 Å². The molecule has 0 aliphatic heterocycles. The molecule has 0 saturated heterocycles. The van der Waals surface area contributed by atoms with Crippen molar-refractivity contribution in [2.75, 3.05) is 18.4 Å². The number of hydrogen-bond acceptors (Lipinski definition) is 4. The summed E-state index contributed by atoms with van der Waals surface area (Å²) >= 11 is 3.28. The van der Waals surface area contributed by atoms with Crippen LogP contribution in [0, 0.1) is 6.92 Å². The smallest absolute Gasteiger partial charge is 0.256 e. The van der Waals surface area contributed by atoms with Crippen molar-refractivity contribution < 1.29 is 13.2 Å². The van der Waals surface area contributed by atoms with Crippen molar-refractivity contribution in [3.05, 3.63) is 52.1 Å². The van der Waals surface area contributed by atoms with Crippen LogP contribution in [0.5, 0.6) is 0 Å². The Hall–Kier alpha value is -1.77. The van der Waals surface area contributed by atoms with Gasteiger partial charge in [0.15, 0.2) is 0 Å². The summed E-state index contributed by atoms with van der Waals surface area (Å²) in [4.78, 5) is 16.7. The predicted octanol–water partition coefficient (Wildman–Crippen LogP) is 3.44. The molecule has 1 aromatic carbocycles. The van der Waals surface area contributed by atoms with Crippen LogP contribution in [-0.2, 0) is 10.0 Å². The number of anilines is 1. The quantitative estimate of drug-likeness (QED) is 0.768. The summed E-state index contributed by atoms with van der Waals surface area (Å²) < 4.78 is 27.7. The highest BCUT2D eigenvalue weighted by molar-refractivity contribution is 9.10. The number of carbonyl (C=O) groups excluding carboxylic acids is 1. The lowest BCUT2D eigenvalue weighted by Gasteiger charge is -2.20. The number of hydrogen-bond donors (Lipinski definition) is 1. The number of aromatic nitrogens is 1. The molecular weight excluding hydrogens is 406 g/mol. The van der Waals surface area contributed by atoms with Crippen LogP contribution in [0.4, 0.5) is 5.82 Å². The van der Waals surface area contributed by atoms with E-state index in [-0.39, 0.29) is 10.5 Å². The average molecular weight is 426 g/mol. The number of sulfonamides is 1. The van der Waals surface area contributed by atoms with Crippen LogP contribution in [0.25, 0.3) is 0 Å². The molecular formula is C17H20BrN3O3S. The summed E-state index contributed by atoms with van der Waals surface area (Å²) in [6, 6.07) is 8.07. The second-order valence-electron chi connectivity index (χ2n) is 5.39. The molecule has 1 N–H and O–H groups in total. The standard InChI is InChI=1S/C17H20BrN3O3S/c1-4-21(5-2)25(23,24)15-10-13(7-6-12(15)3)17(22)20-16-9-8-14(18)11-19-16/h6-11H,4-5H2,1-3H3,(H,19,20,22). The van der Waals surface area contributed by atoms with Gasteiger partial charge < -0.3 is 5.32 Å². The number of benzene rings is 1. The van der Waals surface area contributed by atoms with Crippen molar-refractivity contribution in [2.24, 2.45) is 0 Å². The maximum Gasteiger partial charge on any atom is 0.256 e. The second kappa shape index (κ2) is 8.07. The number of nitrogens with zero attached hydrogens (tertiary/aromatic N) is 2. The Morgan fingerprint density at radius 1 is 1.20 bits per heavy atom. The fourth-order valence-corrected chi connectivity index (χ4v) is 4.30. The van der Waals surface area contributed by atoms with Gasteiger partial charge in [-0.2, -0.15) is 4.31 Å². The first-order valence-electron chi connectivity index (χ1n) is 7.83. The predicted molar refractivity (Wildman–Crippen MR) is 101 cm³/mol. The summed E-state index contributed by atoms with van der Waals surface area (Å²) in [7, 11) is -3.63. The number of carbonyl (C=O) groups is 1. The van der Waals surface area contributed by atoms with E-state index in [4.69, 9.17) is 0 Å². The summed E-state index contributed by atoms with van der Waals surface area (Å²) in [5.74, 6) is -0.0206. The van der Waals surface area contributed by atoms with Crippen LogP contribution in [0.3, 0.4) is 0 Å². The Bertz CT molecular complexity index is 863. The van der Waals surface area contributed by atoms with E-state index >= 15 is 0 Å². The van der Waals surface area contributed by atoms with Gasteiger partial charge in [-0.3, -0.25) is 4.79 Å². The van der Waals surface area contributed by atoms with Crippen molar-refractivity contribution in [3.8, 4) is 0 Å². The number of rotatable bonds is 6. The molecule has 8 heteroatoms. The van der Waals surface area contributed by atoms with Crippen LogP contribution in [0.1, 0.15) is 29.8 Å². The van der Waals surface area contributed by atoms with Gasteiger partial charge in [0.05, 0.1) is 4.90 Å². The van der Waals surface area contributed by atoms with Crippen molar-refractivity contribution in [2.45, 2.75) is 25.7 Å². The van der Waals surface area contributed by atoms with Gasteiger partial charge in [0, 0.05) is 29.3 Å². The van der Waals surface area contributed by atoms with Crippen LogP contribution in [0.2, 0.25) is 0 Å². The topological polar surface area (TPSA) is 79.4 Å². The number of amides is 1. The van der Waals surface area contributed by atoms with Gasteiger partial charge >= 0.3 is 0 Å². The lowest BCUT2D eigenvalue weighted by atomic mass is 10.1. The first-order chi connectivity index (χ1) is 11.8. The number of halogens is 1. The molecule has 0 saturated carbocycles. The molecule has 2 aromatic rings. The molecule has 0 atom stereocenters. The number of aryl methyl sites for hydroxylation is 1. The monoisotopic (exact) mass is 425 g/mol. The van der Waals surface area contributed by atoms with E-state index in [0.29, 0.717) is 24.5 Å². The molecule has 0 fully saturated rings. The Morgan fingerprint density at radius 2 is 1.88 bits per heavy atom. The van der Waals surface area contributed by atoms with E-state index in [1.807, 2.05) is 0 Å². The Labute approximate surface area is 156 Å². The largest absolute Gasteiger partial charge is 0.307 e. The van der Waals surface area contributed by atoms with E-state index < -0.39 is 15.9 Å². The first-order valence-corrected chi connectivity index (χ1v) is 10.1. The molecule has 1 amide bonds. The first kappa shape index (κ1) is 19.6. The number of pyridine rings is 1. The van der Waals surface area contributed by atoms with Crippen molar-refractivity contribution >= 4 is 37.7 Å². The van der Waals surface area contributed by atoms with E-state index in [1.165, 1.54) is 10.4 Å². The average Bonchev–Trinajstić information content (AvgIpc) is 2.58. The second-order valence-corrected chi connectivity index (χ2v) is 8.21. The van der Waals surface area contributed by atoms with Gasteiger partial charge in [-0.25, -0.2) is 13.4 Å². The van der Waals surface area contributed by atoms with Crippen molar-refractivity contribution in [1.82, 2.24) is 9.29 Å². The highest BCUT2D eigenvalue weighted by Gasteiger charge is 2.24. The normalized spacial score (nSPS) is 11.6. The minimum atomic E-state index is -3.63. The molecule has 0 spiro atoms. The molecule has 2 rings (SSSR count). The summed E-state index contributed by atoms with van der Waals surface area (Å²) in [6.07, 6.45) is 1.57. The van der Waals surface area contributed by atoms with Gasteiger partial charge in [-0.15, -0.1) is 0 Å². The van der Waals surface area contributed by atoms with Gasteiger partial charge in [-0.1, -0.05) is 19.9 Å². The lowest BCUT2D eigenvalue weighted by molar-refractivity contribution is 0.102. The zero-order chi connectivity index (χ0) is 18.6. The maximum atomic E-state index is 12.8. The third kappa shape index (κ3) is 4.45. The number of nitrogens with one attached hydrogen (secondary N) is 1. The molecule has 6 nitrogen and oxygen atoms in total. The maximum absolute atomic E-state index is 12.8. The highest BCUT2D eigenvalue weighted by Crippen LogP contribution is 2.22. The van der Waals surface area contributed by atoms with E-state index in [2.05, 4.69) is 26.2 Å². The van der Waals surface area contributed by atoms with Crippen LogP contribution >= 0.6 is 15.9 Å². The summed E-state index contributed by atoms with van der Waals surface area (Å²) in [6.45, 7) is 6.03. The summed E-state index contributed by atoms with van der Waals surface area (Å²) in [5.41, 5.74) is 0.867. The lowest BCUT2D eigenvalue weighted by Crippen LogP contribution is -2.31. The van der Waals surface area contributed by atoms with Crippen molar-refractivity contribution in [1.29, 1.82) is 0 Å². The molecule has 1 aromatic heterocycles. The Morgan fingerprint density at radius 3 is 2.44 bits per heavy atom. The fourth-order valence-electron chi connectivity index (χ4n) is 2.36. The molecule has 0 unspecified atom stereocenters. The van der Waals surface area contributed by atoms with E-state index in [0.717, 1.165) is 4.47 Å². The third-order valence-electron chi connectivity index (χ3n) is 3.74. The van der Waals surface area contributed by atoms with Crippen LogP contribution in [-0.4, -0.2) is 36.7 Å². The SMILES string of the molecule is CCN(CC)S(=O)(=O)c1cc(C(=O)Nc2ccc(Br)cn2)ccc1C. The molecule has 25 heavy (non-hydrogen) atoms. The molecule has 0 radical (unpaired) electrons. The van der Waals surface area contributed by atoms with Crippen LogP contribution < -0.4 is 5.32 Å². The third-order valence-corrected chi connectivity index (χ3v) is 6.40. The molecule has 0 aliphatic rings. The molecule has 134 valence electrons. The highest BCUT2D eigenvalue weighted by atomic mass is 79.9. The van der Waals surface area contributed by atoms with Gasteiger partial charge in [-0.05, 0) is 52.7 Å². The zero-order valence-corrected chi connectivity index (χ0v) is 16.7. The Balaban J connectivity index is 2.35. The summed E-state index contributed by atoms with van der Waals surface area (Å²) in [5, 5.41) is 2.66. The van der Waals surface area contributed by atoms with E-state index in [9.17, 15) is 13.2 Å². The minimum absolute atomic E-state index is 0.146. The van der Waals surface area contributed by atoms with E-state index in [1.54, 1.807) is 51.2 Å².